The Morgan fingerprint density at radius 3 is 3.00 bits per heavy atom. The van der Waals surface area contributed by atoms with Crippen LogP contribution in [-0.4, -0.2) is 38.4 Å². The summed E-state index contributed by atoms with van der Waals surface area (Å²) in [4.78, 5) is 0. The summed E-state index contributed by atoms with van der Waals surface area (Å²) in [7, 11) is 0. The fourth-order valence-electron chi connectivity index (χ4n) is 2.96. The highest BCUT2D eigenvalue weighted by Gasteiger charge is 2.21. The molecule has 2 N–H and O–H groups in total. The van der Waals surface area contributed by atoms with Gasteiger partial charge in [0.05, 0.1) is 6.61 Å². The Bertz CT molecular complexity index is 198. The Morgan fingerprint density at radius 2 is 2.29 bits per heavy atom. The predicted octanol–water partition coefficient (Wildman–Crippen LogP) is 1.92. The minimum absolute atomic E-state index is 0.622. The minimum atomic E-state index is 0.622. The van der Waals surface area contributed by atoms with Crippen LogP contribution in [0, 0.1) is 5.92 Å². The zero-order valence-electron chi connectivity index (χ0n) is 11.2. The molecule has 0 saturated carbocycles. The SMILES string of the molecule is CC(NCCCC1CCCCN1)C1CCOC1. The van der Waals surface area contributed by atoms with E-state index in [0.29, 0.717) is 6.04 Å². The van der Waals surface area contributed by atoms with E-state index in [1.54, 1.807) is 0 Å². The van der Waals surface area contributed by atoms with Gasteiger partial charge >= 0.3 is 0 Å². The second kappa shape index (κ2) is 7.34. The number of piperidine rings is 1. The molecule has 3 heteroatoms. The van der Waals surface area contributed by atoms with Crippen molar-refractivity contribution in [3.63, 3.8) is 0 Å². The molecule has 3 atom stereocenters. The monoisotopic (exact) mass is 240 g/mol. The molecular formula is C14H28N2O. The van der Waals surface area contributed by atoms with Gasteiger partial charge in [-0.3, -0.25) is 0 Å². The van der Waals surface area contributed by atoms with Gasteiger partial charge in [0, 0.05) is 18.7 Å². The molecule has 0 aliphatic carbocycles. The average Bonchev–Trinajstić information content (AvgIpc) is 2.89. The minimum Gasteiger partial charge on any atom is -0.381 e. The van der Waals surface area contributed by atoms with E-state index in [1.807, 2.05) is 0 Å². The van der Waals surface area contributed by atoms with Crippen molar-refractivity contribution in [3.8, 4) is 0 Å². The fourth-order valence-corrected chi connectivity index (χ4v) is 2.96. The normalized spacial score (nSPS) is 31.6. The maximum Gasteiger partial charge on any atom is 0.0509 e. The number of nitrogens with one attached hydrogen (secondary N) is 2. The summed E-state index contributed by atoms with van der Waals surface area (Å²) >= 11 is 0. The van der Waals surface area contributed by atoms with Crippen LogP contribution in [0.4, 0.5) is 0 Å². The summed E-state index contributed by atoms with van der Waals surface area (Å²) in [5, 5.41) is 7.27. The standard InChI is InChI=1S/C14H28N2O/c1-12(13-7-10-17-11-13)15-9-4-6-14-5-2-3-8-16-14/h12-16H,2-11H2,1H3. The Balaban J connectivity index is 1.50. The molecule has 100 valence electrons. The third-order valence-corrected chi connectivity index (χ3v) is 4.28. The zero-order chi connectivity index (χ0) is 11.9. The summed E-state index contributed by atoms with van der Waals surface area (Å²) in [6.07, 6.45) is 8.04. The lowest BCUT2D eigenvalue weighted by Gasteiger charge is -2.24. The first-order valence-electron chi connectivity index (χ1n) is 7.41. The number of rotatable bonds is 6. The maximum absolute atomic E-state index is 5.43. The quantitative estimate of drug-likeness (QED) is 0.696. The van der Waals surface area contributed by atoms with Crippen molar-refractivity contribution in [2.45, 2.75) is 57.5 Å². The van der Waals surface area contributed by atoms with Crippen LogP contribution in [-0.2, 0) is 4.74 Å². The topological polar surface area (TPSA) is 33.3 Å². The van der Waals surface area contributed by atoms with Crippen LogP contribution in [0.1, 0.15) is 45.4 Å². The largest absolute Gasteiger partial charge is 0.381 e. The number of hydrogen-bond acceptors (Lipinski definition) is 3. The van der Waals surface area contributed by atoms with Crippen LogP contribution in [0.3, 0.4) is 0 Å². The smallest absolute Gasteiger partial charge is 0.0509 e. The Morgan fingerprint density at radius 1 is 1.35 bits per heavy atom. The molecule has 2 saturated heterocycles. The van der Waals surface area contributed by atoms with Crippen molar-refractivity contribution in [2.24, 2.45) is 5.92 Å². The molecule has 0 spiro atoms. The van der Waals surface area contributed by atoms with Gasteiger partial charge in [-0.1, -0.05) is 6.42 Å². The Labute approximate surface area is 106 Å². The van der Waals surface area contributed by atoms with E-state index in [1.165, 1.54) is 45.1 Å². The lowest BCUT2D eigenvalue weighted by molar-refractivity contribution is 0.178. The van der Waals surface area contributed by atoms with Crippen molar-refractivity contribution in [1.29, 1.82) is 0 Å². The van der Waals surface area contributed by atoms with Crippen LogP contribution in [0.25, 0.3) is 0 Å². The van der Waals surface area contributed by atoms with E-state index in [0.717, 1.165) is 31.7 Å². The molecule has 0 aromatic heterocycles. The first kappa shape index (κ1) is 13.3. The van der Waals surface area contributed by atoms with Crippen LogP contribution < -0.4 is 10.6 Å². The summed E-state index contributed by atoms with van der Waals surface area (Å²) in [5.41, 5.74) is 0. The zero-order valence-corrected chi connectivity index (χ0v) is 11.2. The van der Waals surface area contributed by atoms with Crippen molar-refractivity contribution in [1.82, 2.24) is 10.6 Å². The number of hydrogen-bond donors (Lipinski definition) is 2. The third-order valence-electron chi connectivity index (χ3n) is 4.28. The second-order valence-electron chi connectivity index (χ2n) is 5.66. The van der Waals surface area contributed by atoms with Gasteiger partial charge in [0.25, 0.3) is 0 Å². The van der Waals surface area contributed by atoms with Gasteiger partial charge in [0.15, 0.2) is 0 Å². The molecule has 17 heavy (non-hydrogen) atoms. The molecule has 2 aliphatic rings. The van der Waals surface area contributed by atoms with E-state index < -0.39 is 0 Å². The van der Waals surface area contributed by atoms with Gasteiger partial charge in [-0.15, -0.1) is 0 Å². The summed E-state index contributed by atoms with van der Waals surface area (Å²) in [5.74, 6) is 0.739. The highest BCUT2D eigenvalue weighted by atomic mass is 16.5. The van der Waals surface area contributed by atoms with E-state index in [2.05, 4.69) is 17.6 Å². The average molecular weight is 240 g/mol. The third kappa shape index (κ3) is 4.57. The molecule has 3 nitrogen and oxygen atoms in total. The van der Waals surface area contributed by atoms with Gasteiger partial charge in [0.1, 0.15) is 0 Å². The highest BCUT2D eigenvalue weighted by molar-refractivity contribution is 4.76. The van der Waals surface area contributed by atoms with Gasteiger partial charge in [-0.05, 0) is 58.0 Å². The van der Waals surface area contributed by atoms with E-state index in [9.17, 15) is 0 Å². The first-order valence-corrected chi connectivity index (χ1v) is 7.41. The predicted molar refractivity (Wildman–Crippen MR) is 71.3 cm³/mol. The van der Waals surface area contributed by atoms with E-state index >= 15 is 0 Å². The van der Waals surface area contributed by atoms with Gasteiger partial charge < -0.3 is 15.4 Å². The molecule has 0 radical (unpaired) electrons. The molecule has 0 bridgehead atoms. The fraction of sp³-hybridized carbons (Fsp3) is 1.00. The molecule has 2 rings (SSSR count). The Kier molecular flexibility index (Phi) is 5.75. The van der Waals surface area contributed by atoms with Crippen molar-refractivity contribution in [3.05, 3.63) is 0 Å². The van der Waals surface area contributed by atoms with Crippen LogP contribution in [0.5, 0.6) is 0 Å². The van der Waals surface area contributed by atoms with Crippen LogP contribution >= 0.6 is 0 Å². The molecule has 0 amide bonds. The number of ether oxygens (including phenoxy) is 1. The van der Waals surface area contributed by atoms with Crippen molar-refractivity contribution >= 4 is 0 Å². The van der Waals surface area contributed by atoms with Gasteiger partial charge in [0.2, 0.25) is 0 Å². The molecule has 2 aliphatic heterocycles. The lowest BCUT2D eigenvalue weighted by atomic mass is 9.99. The summed E-state index contributed by atoms with van der Waals surface area (Å²) in [6.45, 7) is 6.61. The summed E-state index contributed by atoms with van der Waals surface area (Å²) in [6, 6.07) is 1.41. The van der Waals surface area contributed by atoms with Crippen LogP contribution in [0.2, 0.25) is 0 Å². The molecule has 0 aromatic rings. The van der Waals surface area contributed by atoms with E-state index in [-0.39, 0.29) is 0 Å². The van der Waals surface area contributed by atoms with Crippen molar-refractivity contribution < 1.29 is 4.74 Å². The summed E-state index contributed by atoms with van der Waals surface area (Å²) < 4.78 is 5.43. The highest BCUT2D eigenvalue weighted by Crippen LogP contribution is 2.16. The maximum atomic E-state index is 5.43. The molecule has 2 fully saturated rings. The first-order chi connectivity index (χ1) is 8.36. The Hall–Kier alpha value is -0.120. The second-order valence-corrected chi connectivity index (χ2v) is 5.66. The molecule has 2 heterocycles. The van der Waals surface area contributed by atoms with Gasteiger partial charge in [-0.2, -0.15) is 0 Å². The van der Waals surface area contributed by atoms with Crippen LogP contribution in [0.15, 0.2) is 0 Å². The van der Waals surface area contributed by atoms with Crippen molar-refractivity contribution in [2.75, 3.05) is 26.3 Å². The lowest BCUT2D eigenvalue weighted by Crippen LogP contribution is -2.37. The molecular weight excluding hydrogens is 212 g/mol. The van der Waals surface area contributed by atoms with E-state index in [4.69, 9.17) is 4.74 Å². The molecule has 3 unspecified atom stereocenters. The van der Waals surface area contributed by atoms with Gasteiger partial charge in [-0.25, -0.2) is 0 Å². The molecule has 0 aromatic carbocycles.